The number of nitrogens with zero attached hydrogens (tertiary/aromatic N) is 2. The minimum absolute atomic E-state index is 0.0352. The van der Waals surface area contributed by atoms with Crippen molar-refractivity contribution < 1.29 is 14.3 Å². The maximum Gasteiger partial charge on any atom is 0.242 e. The number of para-hydroxylation sites is 2. The van der Waals surface area contributed by atoms with Crippen molar-refractivity contribution in [1.29, 1.82) is 0 Å². The second-order valence-corrected chi connectivity index (χ2v) is 7.49. The lowest BCUT2D eigenvalue weighted by molar-refractivity contribution is -0.124. The molecule has 1 N–H and O–H groups in total. The van der Waals surface area contributed by atoms with E-state index in [-0.39, 0.29) is 24.2 Å². The van der Waals surface area contributed by atoms with E-state index in [9.17, 15) is 4.79 Å². The molecule has 1 aromatic heterocycles. The Morgan fingerprint density at radius 3 is 2.85 bits per heavy atom. The monoisotopic (exact) mass is 365 g/mol. The van der Waals surface area contributed by atoms with E-state index in [1.54, 1.807) is 6.33 Å². The number of rotatable bonds is 5. The molecule has 0 bridgehead atoms. The summed E-state index contributed by atoms with van der Waals surface area (Å²) in [5, 5.41) is 3.08. The first kappa shape index (κ1) is 17.4. The van der Waals surface area contributed by atoms with Gasteiger partial charge in [-0.2, -0.15) is 0 Å². The summed E-state index contributed by atoms with van der Waals surface area (Å²) in [7, 11) is 0. The number of fused-ring (bicyclic) bond motifs is 2. The van der Waals surface area contributed by atoms with Gasteiger partial charge in [-0.05, 0) is 36.8 Å². The SMILES string of the molecule is CC(C(=O)NCC(C)(C)c1ccc2c(c1)OCO2)n1cnc2ccccc21. The Hall–Kier alpha value is -3.02. The van der Waals surface area contributed by atoms with Crippen LogP contribution in [0.15, 0.2) is 48.8 Å². The lowest BCUT2D eigenvalue weighted by Gasteiger charge is -2.27. The summed E-state index contributed by atoms with van der Waals surface area (Å²) < 4.78 is 12.7. The number of aromatic nitrogens is 2. The maximum absolute atomic E-state index is 12.7. The van der Waals surface area contributed by atoms with E-state index in [4.69, 9.17) is 9.47 Å². The quantitative estimate of drug-likeness (QED) is 0.752. The molecule has 1 amide bonds. The third-order valence-corrected chi connectivity index (χ3v) is 5.14. The van der Waals surface area contributed by atoms with E-state index in [0.29, 0.717) is 6.54 Å². The van der Waals surface area contributed by atoms with Crippen LogP contribution in [-0.2, 0) is 10.2 Å². The highest BCUT2D eigenvalue weighted by Gasteiger charge is 2.26. The second-order valence-electron chi connectivity index (χ2n) is 7.49. The normalized spacial score (nSPS) is 14.3. The molecule has 4 rings (SSSR count). The highest BCUT2D eigenvalue weighted by molar-refractivity contribution is 5.83. The number of nitrogens with one attached hydrogen (secondary N) is 1. The van der Waals surface area contributed by atoms with Gasteiger partial charge in [-0.25, -0.2) is 4.98 Å². The first-order valence-electron chi connectivity index (χ1n) is 9.05. The zero-order chi connectivity index (χ0) is 19.0. The molecule has 1 aliphatic rings. The maximum atomic E-state index is 12.7. The summed E-state index contributed by atoms with van der Waals surface area (Å²) in [5.74, 6) is 1.48. The van der Waals surface area contributed by atoms with Gasteiger partial charge < -0.3 is 19.4 Å². The third-order valence-electron chi connectivity index (χ3n) is 5.14. The largest absolute Gasteiger partial charge is 0.454 e. The summed E-state index contributed by atoms with van der Waals surface area (Å²) in [6, 6.07) is 13.4. The Labute approximate surface area is 158 Å². The molecule has 1 aliphatic heterocycles. The van der Waals surface area contributed by atoms with Crippen molar-refractivity contribution in [3.8, 4) is 11.5 Å². The highest BCUT2D eigenvalue weighted by atomic mass is 16.7. The van der Waals surface area contributed by atoms with Crippen LogP contribution >= 0.6 is 0 Å². The molecule has 0 saturated heterocycles. The third kappa shape index (κ3) is 3.23. The van der Waals surface area contributed by atoms with E-state index in [2.05, 4.69) is 24.1 Å². The van der Waals surface area contributed by atoms with Gasteiger partial charge in [0.1, 0.15) is 6.04 Å². The van der Waals surface area contributed by atoms with E-state index >= 15 is 0 Å². The molecular weight excluding hydrogens is 342 g/mol. The first-order chi connectivity index (χ1) is 13.0. The summed E-state index contributed by atoms with van der Waals surface area (Å²) in [6.07, 6.45) is 1.72. The van der Waals surface area contributed by atoms with Crippen LogP contribution in [0.2, 0.25) is 0 Å². The van der Waals surface area contributed by atoms with Crippen LogP contribution in [0, 0.1) is 0 Å². The van der Waals surface area contributed by atoms with Gasteiger partial charge in [0.2, 0.25) is 12.7 Å². The average molecular weight is 365 g/mol. The standard InChI is InChI=1S/C21H23N3O3/c1-14(24-12-23-16-6-4-5-7-17(16)24)20(25)22-11-21(2,3)15-8-9-18-19(10-15)27-13-26-18/h4-10,12,14H,11,13H2,1-3H3,(H,22,25). The van der Waals surface area contributed by atoms with Crippen LogP contribution < -0.4 is 14.8 Å². The molecule has 140 valence electrons. The van der Waals surface area contributed by atoms with Gasteiger partial charge in [-0.15, -0.1) is 0 Å². The van der Waals surface area contributed by atoms with Gasteiger partial charge in [-0.3, -0.25) is 4.79 Å². The van der Waals surface area contributed by atoms with E-state index in [1.807, 2.05) is 54.0 Å². The van der Waals surface area contributed by atoms with Crippen LogP contribution in [0.25, 0.3) is 11.0 Å². The van der Waals surface area contributed by atoms with Crippen LogP contribution in [0.3, 0.4) is 0 Å². The molecule has 3 aromatic rings. The minimum atomic E-state index is -0.343. The fourth-order valence-electron chi connectivity index (χ4n) is 3.29. The van der Waals surface area contributed by atoms with E-state index in [0.717, 1.165) is 28.1 Å². The molecule has 27 heavy (non-hydrogen) atoms. The number of benzene rings is 2. The first-order valence-corrected chi connectivity index (χ1v) is 9.05. The molecule has 0 aliphatic carbocycles. The van der Waals surface area contributed by atoms with Crippen molar-refractivity contribution in [3.63, 3.8) is 0 Å². The van der Waals surface area contributed by atoms with E-state index in [1.165, 1.54) is 0 Å². The zero-order valence-electron chi connectivity index (χ0n) is 15.7. The highest BCUT2D eigenvalue weighted by Crippen LogP contribution is 2.36. The molecule has 2 aromatic carbocycles. The summed E-state index contributed by atoms with van der Waals surface area (Å²) in [4.78, 5) is 17.1. The van der Waals surface area contributed by atoms with Crippen LogP contribution in [0.1, 0.15) is 32.4 Å². The van der Waals surface area contributed by atoms with Crippen molar-refractivity contribution in [2.45, 2.75) is 32.2 Å². The Morgan fingerprint density at radius 1 is 1.22 bits per heavy atom. The topological polar surface area (TPSA) is 65.4 Å². The minimum Gasteiger partial charge on any atom is -0.454 e. The Bertz CT molecular complexity index is 993. The smallest absolute Gasteiger partial charge is 0.242 e. The summed E-state index contributed by atoms with van der Waals surface area (Å²) >= 11 is 0. The molecular formula is C21H23N3O3. The Kier molecular flexibility index (Phi) is 4.26. The number of ether oxygens (including phenoxy) is 2. The van der Waals surface area contributed by atoms with E-state index < -0.39 is 0 Å². The van der Waals surface area contributed by atoms with Crippen molar-refractivity contribution in [3.05, 3.63) is 54.4 Å². The number of carbonyl (C=O) groups is 1. The fraction of sp³-hybridized carbons (Fsp3) is 0.333. The average Bonchev–Trinajstić information content (AvgIpc) is 3.31. The van der Waals surface area contributed by atoms with Crippen molar-refractivity contribution in [1.82, 2.24) is 14.9 Å². The molecule has 0 radical (unpaired) electrons. The van der Waals surface area contributed by atoms with Crippen molar-refractivity contribution >= 4 is 16.9 Å². The molecule has 0 fully saturated rings. The molecule has 0 spiro atoms. The van der Waals surface area contributed by atoms with Crippen molar-refractivity contribution in [2.75, 3.05) is 13.3 Å². The van der Waals surface area contributed by atoms with Crippen LogP contribution in [0.5, 0.6) is 11.5 Å². The predicted molar refractivity (Wildman–Crippen MR) is 103 cm³/mol. The van der Waals surface area contributed by atoms with Gasteiger partial charge >= 0.3 is 0 Å². The second kappa shape index (κ2) is 6.61. The summed E-state index contributed by atoms with van der Waals surface area (Å²) in [5.41, 5.74) is 2.69. The van der Waals surface area contributed by atoms with Crippen LogP contribution in [-0.4, -0.2) is 28.8 Å². The molecule has 6 heteroatoms. The van der Waals surface area contributed by atoms with Gasteiger partial charge in [0.25, 0.3) is 0 Å². The Morgan fingerprint density at radius 2 is 2.00 bits per heavy atom. The van der Waals surface area contributed by atoms with Crippen molar-refractivity contribution in [2.24, 2.45) is 0 Å². The number of imidazole rings is 1. The van der Waals surface area contributed by atoms with Crippen LogP contribution in [0.4, 0.5) is 0 Å². The summed E-state index contributed by atoms with van der Waals surface area (Å²) in [6.45, 7) is 6.86. The molecule has 6 nitrogen and oxygen atoms in total. The zero-order valence-corrected chi connectivity index (χ0v) is 15.7. The van der Waals surface area contributed by atoms with Gasteiger partial charge in [0.15, 0.2) is 11.5 Å². The molecule has 0 saturated carbocycles. The molecule has 1 atom stereocenters. The molecule has 1 unspecified atom stereocenters. The van der Waals surface area contributed by atoms with Gasteiger partial charge in [0, 0.05) is 12.0 Å². The molecule has 2 heterocycles. The fourth-order valence-corrected chi connectivity index (χ4v) is 3.29. The number of hydrogen-bond acceptors (Lipinski definition) is 4. The van der Waals surface area contributed by atoms with Gasteiger partial charge in [-0.1, -0.05) is 32.0 Å². The number of amides is 1. The predicted octanol–water partition coefficient (Wildman–Crippen LogP) is 3.42. The number of hydrogen-bond donors (Lipinski definition) is 1. The lowest BCUT2D eigenvalue weighted by Crippen LogP contribution is -2.39. The Balaban J connectivity index is 1.46. The van der Waals surface area contributed by atoms with Gasteiger partial charge in [0.05, 0.1) is 17.4 Å². The lowest BCUT2D eigenvalue weighted by atomic mass is 9.84. The number of carbonyl (C=O) groups excluding carboxylic acids is 1.